The van der Waals surface area contributed by atoms with Gasteiger partial charge in [-0.15, -0.1) is 0 Å². The molecule has 0 unspecified atom stereocenters. The minimum Gasteiger partial charge on any atom is -0.495 e. The molecule has 1 saturated heterocycles. The van der Waals surface area contributed by atoms with Crippen LogP contribution in [0.3, 0.4) is 0 Å². The molecule has 0 aliphatic carbocycles. The van der Waals surface area contributed by atoms with E-state index in [4.69, 9.17) is 9.47 Å². The summed E-state index contributed by atoms with van der Waals surface area (Å²) < 4.78 is 66.5. The molecule has 1 aliphatic heterocycles. The van der Waals surface area contributed by atoms with Gasteiger partial charge in [-0.1, -0.05) is 18.2 Å². The van der Waals surface area contributed by atoms with Crippen molar-refractivity contribution in [3.05, 3.63) is 72.8 Å². The highest BCUT2D eigenvalue weighted by molar-refractivity contribution is 7.92. The quantitative estimate of drug-likeness (QED) is 0.371. The van der Waals surface area contributed by atoms with Gasteiger partial charge in [0, 0.05) is 13.1 Å². The van der Waals surface area contributed by atoms with Gasteiger partial charge >= 0.3 is 0 Å². The number of sulfonamides is 2. The average Bonchev–Trinajstić information content (AvgIpc) is 3.49. The van der Waals surface area contributed by atoms with Gasteiger partial charge in [0.25, 0.3) is 10.0 Å². The standard InChI is InChI=1S/C27H31N3O7S2/c1-3-37-22-11-13-23(14-12-22)39(34,35)30(21-9-5-4-6-10-21)20-27(31)28-25-19-24(15-16-26(25)36-2)38(32,33)29-17-7-8-18-29/h4-6,9-16,19H,3,7-8,17-18,20H2,1-2H3,(H,28,31). The first kappa shape index (κ1) is 28.4. The maximum absolute atomic E-state index is 13.6. The minimum atomic E-state index is -4.15. The SMILES string of the molecule is CCOc1ccc(S(=O)(=O)N(CC(=O)Nc2cc(S(=O)(=O)N3CCCC3)ccc2OC)c2ccccc2)cc1. The average molecular weight is 574 g/mol. The molecule has 12 heteroatoms. The lowest BCUT2D eigenvalue weighted by Crippen LogP contribution is -2.38. The van der Waals surface area contributed by atoms with Crippen LogP contribution in [-0.2, 0) is 24.8 Å². The Morgan fingerprint density at radius 1 is 0.923 bits per heavy atom. The second kappa shape index (κ2) is 12.1. The number of nitrogens with one attached hydrogen (secondary N) is 1. The lowest BCUT2D eigenvalue weighted by atomic mass is 10.3. The van der Waals surface area contributed by atoms with Crippen molar-refractivity contribution < 1.29 is 31.1 Å². The van der Waals surface area contributed by atoms with E-state index in [9.17, 15) is 21.6 Å². The van der Waals surface area contributed by atoms with Crippen molar-refractivity contribution in [1.29, 1.82) is 0 Å². The summed E-state index contributed by atoms with van der Waals surface area (Å²) in [7, 11) is -6.50. The molecule has 10 nitrogen and oxygen atoms in total. The summed E-state index contributed by atoms with van der Waals surface area (Å²) in [5, 5.41) is 2.64. The first-order valence-corrected chi connectivity index (χ1v) is 15.3. The molecule has 0 atom stereocenters. The number of ether oxygens (including phenoxy) is 2. The molecule has 0 spiro atoms. The summed E-state index contributed by atoms with van der Waals surface area (Å²) in [6, 6.07) is 18.4. The molecule has 0 saturated carbocycles. The number of amides is 1. The first-order chi connectivity index (χ1) is 18.7. The van der Waals surface area contributed by atoms with Gasteiger partial charge in [-0.05, 0) is 74.4 Å². The molecule has 3 aromatic carbocycles. The smallest absolute Gasteiger partial charge is 0.264 e. The summed E-state index contributed by atoms with van der Waals surface area (Å²) in [5.41, 5.74) is 0.410. The number of carbonyl (C=O) groups is 1. The third-order valence-corrected chi connectivity index (χ3v) is 9.88. The molecular weight excluding hydrogens is 542 g/mol. The van der Waals surface area contributed by atoms with Gasteiger partial charge in [0.15, 0.2) is 0 Å². The predicted octanol–water partition coefficient (Wildman–Crippen LogP) is 3.71. The Bertz CT molecular complexity index is 1500. The second-order valence-electron chi connectivity index (χ2n) is 8.77. The van der Waals surface area contributed by atoms with E-state index in [1.54, 1.807) is 42.5 Å². The van der Waals surface area contributed by atoms with E-state index in [-0.39, 0.29) is 21.2 Å². The number of hydrogen-bond donors (Lipinski definition) is 1. The Balaban J connectivity index is 1.63. The van der Waals surface area contributed by atoms with Gasteiger partial charge < -0.3 is 14.8 Å². The summed E-state index contributed by atoms with van der Waals surface area (Å²) in [6.07, 6.45) is 1.58. The molecule has 4 rings (SSSR count). The normalized spacial score (nSPS) is 14.1. The van der Waals surface area contributed by atoms with Crippen LogP contribution in [0.1, 0.15) is 19.8 Å². The first-order valence-electron chi connectivity index (χ1n) is 12.5. The predicted molar refractivity (Wildman–Crippen MR) is 148 cm³/mol. The minimum absolute atomic E-state index is 0.0149. The maximum Gasteiger partial charge on any atom is 0.264 e. The van der Waals surface area contributed by atoms with E-state index in [0.717, 1.165) is 17.1 Å². The highest BCUT2D eigenvalue weighted by Crippen LogP contribution is 2.31. The Kier molecular flexibility index (Phi) is 8.78. The molecule has 1 aliphatic rings. The Labute approximate surface area is 229 Å². The zero-order valence-corrected chi connectivity index (χ0v) is 23.4. The zero-order valence-electron chi connectivity index (χ0n) is 21.7. The fourth-order valence-corrected chi connectivity index (χ4v) is 7.22. The number of hydrogen-bond acceptors (Lipinski definition) is 7. The van der Waals surface area contributed by atoms with Gasteiger partial charge in [-0.3, -0.25) is 9.10 Å². The number of nitrogens with zero attached hydrogens (tertiary/aromatic N) is 2. The Morgan fingerprint density at radius 3 is 2.18 bits per heavy atom. The number of benzene rings is 3. The largest absolute Gasteiger partial charge is 0.495 e. The van der Waals surface area contributed by atoms with Crippen molar-refractivity contribution in [2.24, 2.45) is 0 Å². The molecule has 39 heavy (non-hydrogen) atoms. The summed E-state index contributed by atoms with van der Waals surface area (Å²) in [6.45, 7) is 2.57. The van der Waals surface area contributed by atoms with Crippen molar-refractivity contribution in [3.8, 4) is 11.5 Å². The fourth-order valence-electron chi connectivity index (χ4n) is 4.25. The van der Waals surface area contributed by atoms with E-state index in [0.29, 0.717) is 31.1 Å². The van der Waals surface area contributed by atoms with Crippen molar-refractivity contribution >= 4 is 37.3 Å². The number of carbonyl (C=O) groups excluding carboxylic acids is 1. The van der Waals surface area contributed by atoms with Crippen LogP contribution in [0.2, 0.25) is 0 Å². The molecule has 0 aromatic heterocycles. The number of anilines is 2. The van der Waals surface area contributed by atoms with Crippen LogP contribution >= 0.6 is 0 Å². The van der Waals surface area contributed by atoms with E-state index < -0.39 is 32.5 Å². The van der Waals surface area contributed by atoms with Gasteiger partial charge in [0.2, 0.25) is 15.9 Å². The van der Waals surface area contributed by atoms with E-state index >= 15 is 0 Å². The zero-order chi connectivity index (χ0) is 28.0. The van der Waals surface area contributed by atoms with Crippen LogP contribution < -0.4 is 19.1 Å². The number of rotatable bonds is 11. The number of para-hydroxylation sites is 1. The molecule has 1 heterocycles. The van der Waals surface area contributed by atoms with Crippen molar-refractivity contribution in [2.75, 3.05) is 43.0 Å². The monoisotopic (exact) mass is 573 g/mol. The molecule has 0 radical (unpaired) electrons. The van der Waals surface area contributed by atoms with Gasteiger partial charge in [-0.25, -0.2) is 16.8 Å². The van der Waals surface area contributed by atoms with Crippen LogP contribution in [0.5, 0.6) is 11.5 Å². The third-order valence-electron chi connectivity index (χ3n) is 6.20. The molecule has 0 bridgehead atoms. The molecular formula is C27H31N3O7S2. The molecule has 1 N–H and O–H groups in total. The van der Waals surface area contributed by atoms with E-state index in [1.165, 1.54) is 41.7 Å². The van der Waals surface area contributed by atoms with Crippen molar-refractivity contribution in [3.63, 3.8) is 0 Å². The number of methoxy groups -OCH3 is 1. The van der Waals surface area contributed by atoms with Gasteiger partial charge in [0.05, 0.1) is 34.9 Å². The van der Waals surface area contributed by atoms with Crippen LogP contribution in [0.4, 0.5) is 11.4 Å². The molecule has 3 aromatic rings. The van der Waals surface area contributed by atoms with Gasteiger partial charge in [-0.2, -0.15) is 4.31 Å². The van der Waals surface area contributed by atoms with Crippen LogP contribution in [0.15, 0.2) is 82.6 Å². The lowest BCUT2D eigenvalue weighted by Gasteiger charge is -2.24. The Hall–Kier alpha value is -3.61. The topological polar surface area (TPSA) is 122 Å². The van der Waals surface area contributed by atoms with E-state index in [1.807, 2.05) is 6.92 Å². The summed E-state index contributed by atoms with van der Waals surface area (Å²) in [5.74, 6) is 0.0862. The molecule has 208 valence electrons. The molecule has 1 fully saturated rings. The fraction of sp³-hybridized carbons (Fsp3) is 0.296. The van der Waals surface area contributed by atoms with Crippen molar-refractivity contribution in [2.45, 2.75) is 29.6 Å². The highest BCUT2D eigenvalue weighted by Gasteiger charge is 2.30. The van der Waals surface area contributed by atoms with Crippen LogP contribution in [0.25, 0.3) is 0 Å². The second-order valence-corrected chi connectivity index (χ2v) is 12.6. The van der Waals surface area contributed by atoms with Crippen LogP contribution in [-0.4, -0.2) is 60.4 Å². The lowest BCUT2D eigenvalue weighted by molar-refractivity contribution is -0.114. The summed E-state index contributed by atoms with van der Waals surface area (Å²) >= 11 is 0. The summed E-state index contributed by atoms with van der Waals surface area (Å²) in [4.78, 5) is 13.2. The Morgan fingerprint density at radius 2 is 1.56 bits per heavy atom. The third kappa shape index (κ3) is 6.35. The van der Waals surface area contributed by atoms with E-state index in [2.05, 4.69) is 5.32 Å². The molecule has 1 amide bonds. The van der Waals surface area contributed by atoms with Gasteiger partial charge in [0.1, 0.15) is 18.0 Å². The highest BCUT2D eigenvalue weighted by atomic mass is 32.2. The van der Waals surface area contributed by atoms with Crippen molar-refractivity contribution in [1.82, 2.24) is 4.31 Å². The van der Waals surface area contributed by atoms with Crippen LogP contribution in [0, 0.1) is 0 Å². The maximum atomic E-state index is 13.6.